The van der Waals surface area contributed by atoms with Gasteiger partial charge in [0.15, 0.2) is 0 Å². The number of rotatable bonds is 6. The molecule has 3 heterocycles. The van der Waals surface area contributed by atoms with Gasteiger partial charge in [0, 0.05) is 30.4 Å². The molecule has 1 aromatic carbocycles. The Kier molecular flexibility index (Phi) is 6.08. The van der Waals surface area contributed by atoms with Crippen molar-refractivity contribution in [1.82, 2.24) is 14.5 Å². The summed E-state index contributed by atoms with van der Waals surface area (Å²) in [7, 11) is 0. The van der Waals surface area contributed by atoms with E-state index in [0.29, 0.717) is 0 Å². The number of benzene rings is 1. The molecule has 0 spiro atoms. The fourth-order valence-corrected chi connectivity index (χ4v) is 4.37. The summed E-state index contributed by atoms with van der Waals surface area (Å²) in [6.07, 6.45) is 6.55. The predicted octanol–water partition coefficient (Wildman–Crippen LogP) is 4.39. The Morgan fingerprint density at radius 2 is 1.89 bits per heavy atom. The average Bonchev–Trinajstić information content (AvgIpc) is 2.72. The Morgan fingerprint density at radius 1 is 1.04 bits per heavy atom. The van der Waals surface area contributed by atoms with E-state index in [4.69, 9.17) is 11.6 Å². The van der Waals surface area contributed by atoms with Crippen molar-refractivity contribution in [1.29, 1.82) is 0 Å². The second-order valence-corrected chi connectivity index (χ2v) is 8.12. The van der Waals surface area contributed by atoms with Crippen LogP contribution in [0.2, 0.25) is 5.02 Å². The molecule has 146 valence electrons. The number of hydrogen-bond acceptors (Lipinski definition) is 3. The molecule has 0 unspecified atom stereocenters. The molecule has 1 fully saturated rings. The first-order valence-electron chi connectivity index (χ1n) is 10.1. The van der Waals surface area contributed by atoms with Gasteiger partial charge in [-0.3, -0.25) is 9.78 Å². The lowest BCUT2D eigenvalue weighted by atomic mass is 9.90. The van der Waals surface area contributed by atoms with Crippen LogP contribution in [0.4, 0.5) is 0 Å². The number of pyridine rings is 2. The summed E-state index contributed by atoms with van der Waals surface area (Å²) >= 11 is 6.08. The fraction of sp³-hybridized carbons (Fsp3) is 0.391. The highest BCUT2D eigenvalue weighted by atomic mass is 35.5. The highest BCUT2D eigenvalue weighted by Gasteiger charge is 2.19. The van der Waals surface area contributed by atoms with Crippen molar-refractivity contribution in [3.63, 3.8) is 0 Å². The van der Waals surface area contributed by atoms with Gasteiger partial charge in [-0.1, -0.05) is 23.7 Å². The van der Waals surface area contributed by atoms with Crippen molar-refractivity contribution in [2.24, 2.45) is 5.92 Å². The first-order valence-corrected chi connectivity index (χ1v) is 10.5. The Balaban J connectivity index is 1.28. The van der Waals surface area contributed by atoms with Gasteiger partial charge in [-0.05, 0) is 80.6 Å². The molecule has 5 heteroatoms. The lowest BCUT2D eigenvalue weighted by Gasteiger charge is -2.32. The van der Waals surface area contributed by atoms with Crippen LogP contribution in [0, 0.1) is 5.92 Å². The zero-order valence-electron chi connectivity index (χ0n) is 16.1. The van der Waals surface area contributed by atoms with E-state index in [1.165, 1.54) is 24.8 Å². The zero-order chi connectivity index (χ0) is 19.3. The Hall–Kier alpha value is -2.17. The smallest absolute Gasteiger partial charge is 0.251 e. The normalized spacial score (nSPS) is 15.9. The van der Waals surface area contributed by atoms with E-state index in [2.05, 4.69) is 22.0 Å². The van der Waals surface area contributed by atoms with Crippen molar-refractivity contribution in [2.75, 3.05) is 19.6 Å². The van der Waals surface area contributed by atoms with Gasteiger partial charge < -0.3 is 9.47 Å². The highest BCUT2D eigenvalue weighted by molar-refractivity contribution is 6.30. The minimum Gasteiger partial charge on any atom is -0.305 e. The van der Waals surface area contributed by atoms with Crippen molar-refractivity contribution in [3.05, 3.63) is 75.7 Å². The maximum absolute atomic E-state index is 12.3. The molecule has 0 bridgehead atoms. The van der Waals surface area contributed by atoms with Gasteiger partial charge in [-0.2, -0.15) is 0 Å². The average molecular weight is 396 g/mol. The summed E-state index contributed by atoms with van der Waals surface area (Å²) in [6.45, 7) is 3.85. The number of hydrogen-bond donors (Lipinski definition) is 0. The van der Waals surface area contributed by atoms with Gasteiger partial charge in [0.05, 0.1) is 11.0 Å². The molecule has 4 rings (SSSR count). The lowest BCUT2D eigenvalue weighted by Crippen LogP contribution is -2.37. The minimum absolute atomic E-state index is 0.0527. The summed E-state index contributed by atoms with van der Waals surface area (Å²) in [5.41, 5.74) is 3.18. The molecule has 0 aliphatic carbocycles. The van der Waals surface area contributed by atoms with Crippen LogP contribution >= 0.6 is 11.6 Å². The van der Waals surface area contributed by atoms with Crippen LogP contribution in [-0.2, 0) is 13.0 Å². The fourth-order valence-electron chi connectivity index (χ4n) is 4.16. The summed E-state index contributed by atoms with van der Waals surface area (Å²) in [5.74, 6) is 0.778. The topological polar surface area (TPSA) is 38.1 Å². The quantitative estimate of drug-likeness (QED) is 0.621. The summed E-state index contributed by atoms with van der Waals surface area (Å²) in [4.78, 5) is 19.1. The van der Waals surface area contributed by atoms with Crippen molar-refractivity contribution >= 4 is 22.6 Å². The van der Waals surface area contributed by atoms with E-state index in [1.54, 1.807) is 18.3 Å². The molecule has 1 aliphatic heterocycles. The van der Waals surface area contributed by atoms with E-state index in [-0.39, 0.29) is 5.56 Å². The van der Waals surface area contributed by atoms with Gasteiger partial charge in [0.2, 0.25) is 0 Å². The van der Waals surface area contributed by atoms with Gasteiger partial charge in [0.25, 0.3) is 5.56 Å². The molecule has 1 saturated heterocycles. The molecule has 0 saturated carbocycles. The molecule has 3 aromatic rings. The zero-order valence-corrected chi connectivity index (χ0v) is 16.8. The summed E-state index contributed by atoms with van der Waals surface area (Å²) < 4.78 is 1.85. The summed E-state index contributed by atoms with van der Waals surface area (Å²) in [5, 5.41) is 0.825. The number of nitrogens with zero attached hydrogens (tertiary/aromatic N) is 3. The van der Waals surface area contributed by atoms with Crippen LogP contribution in [0.1, 0.15) is 24.8 Å². The molecule has 0 N–H and O–H groups in total. The SMILES string of the molecule is O=c1ccc2ncccc2n1CCN1CCC(CCc2cccc(Cl)c2)CC1. The number of aromatic nitrogens is 2. The number of halogens is 1. The van der Waals surface area contributed by atoms with Crippen LogP contribution in [0.25, 0.3) is 11.0 Å². The molecule has 0 radical (unpaired) electrons. The Bertz CT molecular complexity index is 992. The van der Waals surface area contributed by atoms with Crippen LogP contribution < -0.4 is 5.56 Å². The van der Waals surface area contributed by atoms with E-state index < -0.39 is 0 Å². The van der Waals surface area contributed by atoms with Gasteiger partial charge in [-0.15, -0.1) is 0 Å². The molecular formula is C23H26ClN3O. The third-order valence-corrected chi connectivity index (χ3v) is 6.07. The molecule has 28 heavy (non-hydrogen) atoms. The molecular weight excluding hydrogens is 370 g/mol. The second-order valence-electron chi connectivity index (χ2n) is 7.68. The first-order chi connectivity index (χ1) is 13.7. The van der Waals surface area contributed by atoms with E-state index in [0.717, 1.165) is 54.6 Å². The first kappa shape index (κ1) is 19.2. The van der Waals surface area contributed by atoms with E-state index in [9.17, 15) is 4.79 Å². The Labute approximate surface area is 170 Å². The third-order valence-electron chi connectivity index (χ3n) is 5.83. The maximum Gasteiger partial charge on any atom is 0.251 e. The molecule has 4 nitrogen and oxygen atoms in total. The van der Waals surface area contributed by atoms with Gasteiger partial charge in [-0.25, -0.2) is 0 Å². The van der Waals surface area contributed by atoms with Crippen LogP contribution in [0.3, 0.4) is 0 Å². The van der Waals surface area contributed by atoms with Crippen LogP contribution in [-0.4, -0.2) is 34.1 Å². The molecule has 1 aliphatic rings. The maximum atomic E-state index is 12.3. The third kappa shape index (κ3) is 4.62. The van der Waals surface area contributed by atoms with Gasteiger partial charge >= 0.3 is 0 Å². The van der Waals surface area contributed by atoms with Crippen molar-refractivity contribution < 1.29 is 0 Å². The standard InChI is InChI=1S/C23H26ClN3O/c24-20-4-1-3-19(17-20)7-6-18-10-13-26(14-11-18)15-16-27-22-5-2-12-25-21(22)8-9-23(27)28/h1-5,8-9,12,17-18H,6-7,10-11,13-16H2. The number of likely N-dealkylation sites (tertiary alicyclic amines) is 1. The highest BCUT2D eigenvalue weighted by Crippen LogP contribution is 2.23. The molecule has 2 aromatic heterocycles. The van der Waals surface area contributed by atoms with Crippen LogP contribution in [0.5, 0.6) is 0 Å². The predicted molar refractivity (Wildman–Crippen MR) is 115 cm³/mol. The van der Waals surface area contributed by atoms with Gasteiger partial charge in [0.1, 0.15) is 0 Å². The van der Waals surface area contributed by atoms with E-state index >= 15 is 0 Å². The second kappa shape index (κ2) is 8.89. The number of fused-ring (bicyclic) bond motifs is 1. The largest absolute Gasteiger partial charge is 0.305 e. The molecule has 0 amide bonds. The summed E-state index contributed by atoms with van der Waals surface area (Å²) in [6, 6.07) is 15.5. The monoisotopic (exact) mass is 395 g/mol. The lowest BCUT2D eigenvalue weighted by molar-refractivity contribution is 0.174. The van der Waals surface area contributed by atoms with Crippen molar-refractivity contribution in [2.45, 2.75) is 32.2 Å². The van der Waals surface area contributed by atoms with Crippen molar-refractivity contribution in [3.8, 4) is 0 Å². The molecule has 0 atom stereocenters. The van der Waals surface area contributed by atoms with Crippen LogP contribution in [0.15, 0.2) is 59.5 Å². The number of piperidine rings is 1. The Morgan fingerprint density at radius 3 is 2.71 bits per heavy atom. The van der Waals surface area contributed by atoms with E-state index in [1.807, 2.05) is 28.8 Å². The minimum atomic E-state index is 0.0527. The number of aryl methyl sites for hydroxylation is 1.